The molecule has 34 heavy (non-hydrogen) atoms. The summed E-state index contributed by atoms with van der Waals surface area (Å²) in [5.74, 6) is -1.10. The average Bonchev–Trinajstić information content (AvgIpc) is 3.26. The third kappa shape index (κ3) is 3.70. The molecule has 3 aromatic heterocycles. The molecule has 0 unspecified atom stereocenters. The van der Waals surface area contributed by atoms with E-state index >= 15 is 0 Å². The van der Waals surface area contributed by atoms with Crippen molar-refractivity contribution in [2.45, 2.75) is 6.18 Å². The number of nitrogens with one attached hydrogen (secondary N) is 2. The molecule has 0 atom stereocenters. The second kappa shape index (κ2) is 8.04. The Labute approximate surface area is 196 Å². The summed E-state index contributed by atoms with van der Waals surface area (Å²) in [4.78, 5) is 29.3. The third-order valence-corrected chi connectivity index (χ3v) is 6.23. The molecule has 3 heterocycles. The molecule has 0 fully saturated rings. The van der Waals surface area contributed by atoms with Crippen LogP contribution in [-0.4, -0.2) is 16.2 Å². The van der Waals surface area contributed by atoms with Crippen LogP contribution >= 0.6 is 22.9 Å². The van der Waals surface area contributed by atoms with E-state index in [-0.39, 0.29) is 54.1 Å². The van der Waals surface area contributed by atoms with Crippen LogP contribution in [0.2, 0.25) is 5.02 Å². The molecule has 4 aromatic rings. The van der Waals surface area contributed by atoms with Crippen molar-refractivity contribution in [3.63, 3.8) is 0 Å². The van der Waals surface area contributed by atoms with Crippen LogP contribution in [0.5, 0.6) is 0 Å². The summed E-state index contributed by atoms with van der Waals surface area (Å²) in [6.45, 7) is 0. The first-order chi connectivity index (χ1) is 15.9. The first kappa shape index (κ1) is 23.1. The minimum absolute atomic E-state index is 0.00704. The number of aryl methyl sites for hydroxylation is 1. The Bertz CT molecular complexity index is 1580. The molecule has 0 aliphatic carbocycles. The van der Waals surface area contributed by atoms with Gasteiger partial charge in [-0.1, -0.05) is 16.3 Å². The Morgan fingerprint density at radius 3 is 2.68 bits per heavy atom. The number of aromatic amines is 1. The second-order valence-corrected chi connectivity index (χ2v) is 8.33. The van der Waals surface area contributed by atoms with Crippen LogP contribution < -0.4 is 27.1 Å². The van der Waals surface area contributed by atoms with Gasteiger partial charge in [-0.2, -0.15) is 18.4 Å². The number of aromatic nitrogens is 3. The van der Waals surface area contributed by atoms with E-state index in [2.05, 4.69) is 15.6 Å². The van der Waals surface area contributed by atoms with Gasteiger partial charge in [0.1, 0.15) is 27.2 Å². The summed E-state index contributed by atoms with van der Waals surface area (Å²) in [5, 5.41) is 14.2. The lowest BCUT2D eigenvalue weighted by Crippen LogP contribution is -2.34. The van der Waals surface area contributed by atoms with Gasteiger partial charge in [0.05, 0.1) is 32.9 Å². The van der Waals surface area contributed by atoms with Crippen LogP contribution in [0, 0.1) is 11.3 Å². The largest absolute Gasteiger partial charge is 0.435 e. The summed E-state index contributed by atoms with van der Waals surface area (Å²) < 4.78 is 45.1. The fourth-order valence-electron chi connectivity index (χ4n) is 3.28. The van der Waals surface area contributed by atoms with Crippen molar-refractivity contribution in [1.29, 1.82) is 5.26 Å². The first-order valence-corrected chi connectivity index (χ1v) is 10.3. The SMILES string of the molecule is C[n+]1[nH]oc(=O)c1-c1c(C#N)c(N)nc2sc(C(=O)Nc3cc(C(F)(F)F)ccc3Cl)c(N)c12. The molecule has 1 aromatic carbocycles. The van der Waals surface area contributed by atoms with Gasteiger partial charge in [0.2, 0.25) is 0 Å². The lowest BCUT2D eigenvalue weighted by atomic mass is 10.0. The number of hydrogen-bond acceptors (Lipinski definition) is 8. The topological polar surface area (TPSA) is 168 Å². The smallest absolute Gasteiger partial charge is 0.397 e. The van der Waals surface area contributed by atoms with Crippen molar-refractivity contribution in [3.05, 3.63) is 49.6 Å². The number of pyridine rings is 1. The molecule has 6 N–H and O–H groups in total. The van der Waals surface area contributed by atoms with Crippen molar-refractivity contribution in [3.8, 4) is 17.3 Å². The zero-order chi connectivity index (χ0) is 24.9. The Kier molecular flexibility index (Phi) is 5.46. The molecule has 0 saturated heterocycles. The molecule has 4 rings (SSSR count). The van der Waals surface area contributed by atoms with Gasteiger partial charge in [0, 0.05) is 0 Å². The predicted molar refractivity (Wildman–Crippen MR) is 117 cm³/mol. The van der Waals surface area contributed by atoms with Gasteiger partial charge in [-0.25, -0.2) is 9.78 Å². The molecule has 0 aliphatic heterocycles. The number of nitriles is 1. The van der Waals surface area contributed by atoms with Gasteiger partial charge in [-0.15, -0.1) is 11.3 Å². The molecule has 0 spiro atoms. The van der Waals surface area contributed by atoms with E-state index < -0.39 is 23.3 Å². The number of hydrogen-bond donors (Lipinski definition) is 4. The highest BCUT2D eigenvalue weighted by Crippen LogP contribution is 2.41. The number of carbonyl (C=O) groups excluding carboxylic acids is 1. The van der Waals surface area contributed by atoms with Crippen LogP contribution in [0.25, 0.3) is 21.5 Å². The number of amides is 1. The summed E-state index contributed by atoms with van der Waals surface area (Å²) >= 11 is 6.73. The number of fused-ring (bicyclic) bond motifs is 1. The van der Waals surface area contributed by atoms with E-state index in [0.29, 0.717) is 6.07 Å². The van der Waals surface area contributed by atoms with E-state index in [1.807, 2.05) is 6.07 Å². The van der Waals surface area contributed by atoms with Crippen molar-refractivity contribution in [2.24, 2.45) is 7.05 Å². The van der Waals surface area contributed by atoms with Crippen LogP contribution in [-0.2, 0) is 13.2 Å². The number of nitrogens with two attached hydrogens (primary N) is 2. The zero-order valence-electron chi connectivity index (χ0n) is 16.9. The van der Waals surface area contributed by atoms with E-state index in [9.17, 15) is 28.0 Å². The van der Waals surface area contributed by atoms with Gasteiger partial charge in [-0.05, 0) is 23.5 Å². The summed E-state index contributed by atoms with van der Waals surface area (Å²) in [6.07, 6.45) is -4.65. The summed E-state index contributed by atoms with van der Waals surface area (Å²) in [5.41, 5.74) is 9.51. The fourth-order valence-corrected chi connectivity index (χ4v) is 4.45. The first-order valence-electron chi connectivity index (χ1n) is 9.11. The minimum Gasteiger partial charge on any atom is -0.397 e. The maximum atomic E-state index is 13.1. The number of benzene rings is 1. The number of nitrogen functional groups attached to an aromatic ring is 2. The minimum atomic E-state index is -4.65. The van der Waals surface area contributed by atoms with Crippen molar-refractivity contribution in [1.82, 2.24) is 10.3 Å². The van der Waals surface area contributed by atoms with Gasteiger partial charge in [0.25, 0.3) is 5.91 Å². The van der Waals surface area contributed by atoms with Gasteiger partial charge in [-0.3, -0.25) is 9.32 Å². The number of carbonyl (C=O) groups is 1. The van der Waals surface area contributed by atoms with Crippen LogP contribution in [0.1, 0.15) is 20.8 Å². The summed E-state index contributed by atoms with van der Waals surface area (Å²) in [6, 6.07) is 4.32. The number of nitrogens with zero attached hydrogens (tertiary/aromatic N) is 3. The van der Waals surface area contributed by atoms with Crippen molar-refractivity contribution in [2.75, 3.05) is 16.8 Å². The second-order valence-electron chi connectivity index (χ2n) is 6.92. The lowest BCUT2D eigenvalue weighted by molar-refractivity contribution is -0.730. The molecular weight excluding hydrogens is 499 g/mol. The monoisotopic (exact) mass is 510 g/mol. The van der Waals surface area contributed by atoms with E-state index in [1.165, 1.54) is 11.7 Å². The van der Waals surface area contributed by atoms with Crippen LogP contribution in [0.4, 0.5) is 30.4 Å². The van der Waals surface area contributed by atoms with E-state index in [1.54, 1.807) is 0 Å². The van der Waals surface area contributed by atoms with E-state index in [0.717, 1.165) is 23.5 Å². The normalized spacial score (nSPS) is 11.5. The number of H-pyrrole nitrogens is 1. The molecular formula is C19H12ClF3N7O3S+. The maximum absolute atomic E-state index is 13.1. The average molecular weight is 511 g/mol. The lowest BCUT2D eigenvalue weighted by Gasteiger charge is -2.11. The molecule has 174 valence electrons. The fraction of sp³-hybridized carbons (Fsp3) is 0.105. The molecule has 10 nitrogen and oxygen atoms in total. The predicted octanol–water partition coefficient (Wildman–Crippen LogP) is 3.03. The van der Waals surface area contributed by atoms with Crippen LogP contribution in [0.15, 0.2) is 27.5 Å². The number of thiophene rings is 1. The Balaban J connectivity index is 1.89. The van der Waals surface area contributed by atoms with E-state index in [4.69, 9.17) is 27.6 Å². The Morgan fingerprint density at radius 1 is 1.38 bits per heavy atom. The Morgan fingerprint density at radius 2 is 2.09 bits per heavy atom. The van der Waals surface area contributed by atoms with Crippen molar-refractivity contribution >= 4 is 56.3 Å². The number of anilines is 3. The molecule has 1 amide bonds. The quantitative estimate of drug-likeness (QED) is 0.307. The maximum Gasteiger partial charge on any atom is 0.435 e. The van der Waals surface area contributed by atoms with Gasteiger partial charge in [0.15, 0.2) is 7.05 Å². The van der Waals surface area contributed by atoms with Gasteiger partial charge < -0.3 is 16.8 Å². The highest BCUT2D eigenvalue weighted by atomic mass is 35.5. The number of alkyl halides is 3. The van der Waals surface area contributed by atoms with Crippen molar-refractivity contribution < 1.29 is 27.2 Å². The molecule has 0 radical (unpaired) electrons. The zero-order valence-corrected chi connectivity index (χ0v) is 18.4. The standard InChI is InChI=1S/C19H11ClF3N7O3S/c1-30-13(18(32)33-29-30)10-7(5-24)15(26)28-17-11(10)12(25)14(34-17)16(31)27-9-4-6(19(21,22)23)2-3-8(9)20/h2-4H,1H3,(H5-,25,26,27,28,29,31,32)/p+1. The Hall–Kier alpha value is -4.09. The number of halogens is 4. The molecule has 15 heteroatoms. The molecule has 0 bridgehead atoms. The summed E-state index contributed by atoms with van der Waals surface area (Å²) in [7, 11) is 1.44. The highest BCUT2D eigenvalue weighted by Gasteiger charge is 2.33. The number of rotatable bonds is 3. The van der Waals surface area contributed by atoms with Gasteiger partial charge >= 0.3 is 17.5 Å². The molecule has 0 saturated carbocycles. The molecule has 0 aliphatic rings. The third-order valence-electron chi connectivity index (χ3n) is 4.81. The highest BCUT2D eigenvalue weighted by molar-refractivity contribution is 7.21. The van der Waals surface area contributed by atoms with Crippen LogP contribution in [0.3, 0.4) is 0 Å².